The maximum Gasteiger partial charge on any atom is 0.202 e. The molecule has 1 aromatic rings. The second-order valence-corrected chi connectivity index (χ2v) is 5.29. The summed E-state index contributed by atoms with van der Waals surface area (Å²) in [5.74, 6) is 0.797. The van der Waals surface area contributed by atoms with Gasteiger partial charge in [-0.3, -0.25) is 4.90 Å². The lowest BCUT2D eigenvalue weighted by atomic mass is 10.2. The fourth-order valence-electron chi connectivity index (χ4n) is 2.08. The fourth-order valence-corrected chi connectivity index (χ4v) is 2.71. The van der Waals surface area contributed by atoms with Gasteiger partial charge < -0.3 is 14.8 Å². The van der Waals surface area contributed by atoms with E-state index in [4.69, 9.17) is 9.47 Å². The number of morpholine rings is 1. The summed E-state index contributed by atoms with van der Waals surface area (Å²) in [6.45, 7) is 7.38. The zero-order valence-electron chi connectivity index (χ0n) is 11.6. The van der Waals surface area contributed by atoms with Gasteiger partial charge in [-0.25, -0.2) is 4.98 Å². The van der Waals surface area contributed by atoms with Crippen molar-refractivity contribution in [2.24, 2.45) is 0 Å². The molecule has 1 fully saturated rings. The van der Waals surface area contributed by atoms with E-state index < -0.39 is 0 Å². The van der Waals surface area contributed by atoms with Gasteiger partial charge in [0, 0.05) is 38.3 Å². The number of methoxy groups -OCH3 is 1. The lowest BCUT2D eigenvalue weighted by Gasteiger charge is -2.31. The third-order valence-corrected chi connectivity index (χ3v) is 3.69. The average molecular weight is 286 g/mol. The fraction of sp³-hybridized carbons (Fsp3) is 0.833. The topological polar surface area (TPSA) is 59.5 Å². The summed E-state index contributed by atoms with van der Waals surface area (Å²) in [4.78, 5) is 6.90. The Hall–Kier alpha value is -0.760. The Morgan fingerprint density at radius 1 is 1.58 bits per heavy atom. The smallest absolute Gasteiger partial charge is 0.202 e. The molecule has 0 saturated carbocycles. The second-order valence-electron chi connectivity index (χ2n) is 4.54. The number of hydrogen-bond acceptors (Lipinski definition) is 7. The van der Waals surface area contributed by atoms with Gasteiger partial charge in [-0.15, -0.1) is 0 Å². The molecule has 0 radical (unpaired) electrons. The van der Waals surface area contributed by atoms with E-state index >= 15 is 0 Å². The van der Waals surface area contributed by atoms with Crippen LogP contribution in [0.15, 0.2) is 0 Å². The van der Waals surface area contributed by atoms with Crippen LogP contribution in [0.25, 0.3) is 0 Å². The normalized spacial score (nSPS) is 20.6. The number of rotatable bonds is 7. The first-order valence-corrected chi connectivity index (χ1v) is 7.51. The minimum absolute atomic E-state index is 0.00882. The summed E-state index contributed by atoms with van der Waals surface area (Å²) in [5, 5.41) is 4.03. The largest absolute Gasteiger partial charge is 0.383 e. The highest BCUT2D eigenvalue weighted by molar-refractivity contribution is 7.09. The van der Waals surface area contributed by atoms with Crippen LogP contribution in [0.3, 0.4) is 0 Å². The standard InChI is InChI=1S/C12H22N4O2S/c1-3-5-16-6-8-18-10(9-16)11-14-12(19-15-11)13-4-7-17-2/h10H,3-9H2,1-2H3,(H,13,14,15). The van der Waals surface area contributed by atoms with Crippen LogP contribution in [-0.2, 0) is 9.47 Å². The Morgan fingerprint density at radius 3 is 3.26 bits per heavy atom. The second kappa shape index (κ2) is 7.74. The van der Waals surface area contributed by atoms with E-state index in [1.165, 1.54) is 18.0 Å². The molecule has 0 aliphatic carbocycles. The molecule has 0 aromatic carbocycles. The van der Waals surface area contributed by atoms with Gasteiger partial charge >= 0.3 is 0 Å². The van der Waals surface area contributed by atoms with Crippen molar-refractivity contribution in [1.29, 1.82) is 0 Å². The van der Waals surface area contributed by atoms with Gasteiger partial charge in [-0.1, -0.05) is 6.92 Å². The molecular weight excluding hydrogens is 264 g/mol. The lowest BCUT2D eigenvalue weighted by molar-refractivity contribution is -0.0336. The summed E-state index contributed by atoms with van der Waals surface area (Å²) in [6.07, 6.45) is 1.18. The minimum atomic E-state index is 0.00882. The van der Waals surface area contributed by atoms with E-state index in [0.717, 1.165) is 43.7 Å². The number of aromatic nitrogens is 2. The summed E-state index contributed by atoms with van der Waals surface area (Å²) < 4.78 is 15.1. The number of hydrogen-bond donors (Lipinski definition) is 1. The first kappa shape index (κ1) is 14.6. The molecule has 2 rings (SSSR count). The van der Waals surface area contributed by atoms with Crippen LogP contribution in [0, 0.1) is 0 Å². The summed E-state index contributed by atoms with van der Waals surface area (Å²) in [6, 6.07) is 0. The van der Waals surface area contributed by atoms with E-state index in [9.17, 15) is 0 Å². The summed E-state index contributed by atoms with van der Waals surface area (Å²) in [5.41, 5.74) is 0. The van der Waals surface area contributed by atoms with E-state index in [2.05, 4.69) is 26.5 Å². The minimum Gasteiger partial charge on any atom is -0.383 e. The van der Waals surface area contributed by atoms with E-state index in [0.29, 0.717) is 6.61 Å². The molecule has 7 heteroatoms. The Bertz CT molecular complexity index is 372. The van der Waals surface area contributed by atoms with E-state index in [-0.39, 0.29) is 6.10 Å². The molecule has 1 unspecified atom stereocenters. The molecule has 2 heterocycles. The van der Waals surface area contributed by atoms with Crippen molar-refractivity contribution in [3.05, 3.63) is 5.82 Å². The molecule has 6 nitrogen and oxygen atoms in total. The molecule has 19 heavy (non-hydrogen) atoms. The van der Waals surface area contributed by atoms with Crippen LogP contribution in [0.4, 0.5) is 5.13 Å². The van der Waals surface area contributed by atoms with Crippen LogP contribution in [0.2, 0.25) is 0 Å². The average Bonchev–Trinajstić information content (AvgIpc) is 2.89. The molecule has 1 aliphatic rings. The van der Waals surface area contributed by atoms with Crippen LogP contribution in [0.5, 0.6) is 0 Å². The van der Waals surface area contributed by atoms with Gasteiger partial charge in [0.15, 0.2) is 5.82 Å². The van der Waals surface area contributed by atoms with Gasteiger partial charge in [0.25, 0.3) is 0 Å². The van der Waals surface area contributed by atoms with Crippen molar-refractivity contribution in [2.75, 3.05) is 51.8 Å². The highest BCUT2D eigenvalue weighted by Crippen LogP contribution is 2.23. The number of nitrogens with zero attached hydrogens (tertiary/aromatic N) is 3. The van der Waals surface area contributed by atoms with Gasteiger partial charge in [0.1, 0.15) is 6.10 Å². The molecule has 1 saturated heterocycles. The highest BCUT2D eigenvalue weighted by Gasteiger charge is 2.24. The third-order valence-electron chi connectivity index (χ3n) is 3.00. The Morgan fingerprint density at radius 2 is 2.47 bits per heavy atom. The molecule has 1 N–H and O–H groups in total. The quantitative estimate of drug-likeness (QED) is 0.764. The number of nitrogens with one attached hydrogen (secondary N) is 1. The van der Waals surface area contributed by atoms with Crippen LogP contribution in [-0.4, -0.2) is 60.8 Å². The monoisotopic (exact) mass is 286 g/mol. The molecule has 0 bridgehead atoms. The van der Waals surface area contributed by atoms with Gasteiger partial charge in [0.2, 0.25) is 5.13 Å². The maximum absolute atomic E-state index is 5.77. The molecule has 0 spiro atoms. The Kier molecular flexibility index (Phi) is 5.96. The van der Waals surface area contributed by atoms with Crippen molar-refractivity contribution < 1.29 is 9.47 Å². The van der Waals surface area contributed by atoms with Crippen molar-refractivity contribution in [3.8, 4) is 0 Å². The maximum atomic E-state index is 5.77. The van der Waals surface area contributed by atoms with Gasteiger partial charge in [-0.05, 0) is 13.0 Å². The summed E-state index contributed by atoms with van der Waals surface area (Å²) in [7, 11) is 1.69. The number of anilines is 1. The molecule has 108 valence electrons. The molecule has 1 aliphatic heterocycles. The van der Waals surface area contributed by atoms with Crippen molar-refractivity contribution in [1.82, 2.24) is 14.3 Å². The van der Waals surface area contributed by atoms with Crippen LogP contribution < -0.4 is 5.32 Å². The Balaban J connectivity index is 1.86. The first-order valence-electron chi connectivity index (χ1n) is 6.74. The number of ether oxygens (including phenoxy) is 2. The van der Waals surface area contributed by atoms with Crippen molar-refractivity contribution in [2.45, 2.75) is 19.4 Å². The van der Waals surface area contributed by atoms with Crippen LogP contribution in [0.1, 0.15) is 25.3 Å². The predicted octanol–water partition coefficient (Wildman–Crippen LogP) is 1.38. The highest BCUT2D eigenvalue weighted by atomic mass is 32.1. The Labute approximate surface area is 118 Å². The zero-order valence-corrected chi connectivity index (χ0v) is 12.4. The van der Waals surface area contributed by atoms with Gasteiger partial charge in [-0.2, -0.15) is 4.37 Å². The SMILES string of the molecule is CCCN1CCOC(c2nsc(NCCOC)n2)C1. The first-order chi connectivity index (χ1) is 9.33. The molecule has 1 atom stereocenters. The molecular formula is C12H22N4O2S. The lowest BCUT2D eigenvalue weighted by Crippen LogP contribution is -2.39. The predicted molar refractivity (Wildman–Crippen MR) is 75.7 cm³/mol. The zero-order chi connectivity index (χ0) is 13.5. The van der Waals surface area contributed by atoms with E-state index in [1.54, 1.807) is 7.11 Å². The third kappa shape index (κ3) is 4.38. The van der Waals surface area contributed by atoms with Crippen molar-refractivity contribution in [3.63, 3.8) is 0 Å². The van der Waals surface area contributed by atoms with Crippen LogP contribution >= 0.6 is 11.5 Å². The van der Waals surface area contributed by atoms with Gasteiger partial charge in [0.05, 0.1) is 13.2 Å². The summed E-state index contributed by atoms with van der Waals surface area (Å²) >= 11 is 1.38. The van der Waals surface area contributed by atoms with Crippen molar-refractivity contribution >= 4 is 16.7 Å². The molecule has 0 amide bonds. The molecule has 1 aromatic heterocycles. The van der Waals surface area contributed by atoms with E-state index in [1.807, 2.05) is 0 Å².